The first-order chi connectivity index (χ1) is 8.20. The smallest absolute Gasteiger partial charge is 0.233 e. The van der Waals surface area contributed by atoms with Crippen LogP contribution in [0.5, 0.6) is 0 Å². The zero-order valence-corrected chi connectivity index (χ0v) is 9.93. The lowest BCUT2D eigenvalue weighted by molar-refractivity contribution is -0.142. The summed E-state index contributed by atoms with van der Waals surface area (Å²) in [6.07, 6.45) is 6.16. The van der Waals surface area contributed by atoms with Crippen molar-refractivity contribution in [3.63, 3.8) is 0 Å². The highest BCUT2D eigenvalue weighted by Gasteiger charge is 2.49. The van der Waals surface area contributed by atoms with E-state index in [1.165, 1.54) is 4.90 Å². The standard InChI is InChI=1S/C13H16N2O2/c1-2-9(7-8-14)15-12(16)10-5-3-4-6-11(10)13(15)17/h3-4,9-11H,2,5-7H2,1H3. The average molecular weight is 232 g/mol. The molecule has 0 aromatic carbocycles. The van der Waals surface area contributed by atoms with Crippen molar-refractivity contribution in [1.82, 2.24) is 4.90 Å². The van der Waals surface area contributed by atoms with Crippen molar-refractivity contribution < 1.29 is 9.59 Å². The average Bonchev–Trinajstić information content (AvgIpc) is 2.61. The number of amides is 2. The first kappa shape index (κ1) is 11.8. The maximum Gasteiger partial charge on any atom is 0.233 e. The molecule has 0 aromatic heterocycles. The summed E-state index contributed by atoms with van der Waals surface area (Å²) in [6.45, 7) is 1.91. The van der Waals surface area contributed by atoms with Crippen molar-refractivity contribution in [2.75, 3.05) is 0 Å². The van der Waals surface area contributed by atoms with E-state index in [0.717, 1.165) is 0 Å². The molecule has 0 spiro atoms. The summed E-state index contributed by atoms with van der Waals surface area (Å²) < 4.78 is 0. The lowest BCUT2D eigenvalue weighted by atomic mass is 9.85. The minimum absolute atomic E-state index is 0.0774. The van der Waals surface area contributed by atoms with E-state index in [2.05, 4.69) is 6.07 Å². The number of nitriles is 1. The van der Waals surface area contributed by atoms with Crippen molar-refractivity contribution in [1.29, 1.82) is 5.26 Å². The van der Waals surface area contributed by atoms with Gasteiger partial charge in [0.25, 0.3) is 0 Å². The van der Waals surface area contributed by atoms with Gasteiger partial charge in [-0.1, -0.05) is 19.1 Å². The van der Waals surface area contributed by atoms with E-state index in [-0.39, 0.29) is 36.1 Å². The van der Waals surface area contributed by atoms with Gasteiger partial charge in [0.1, 0.15) is 0 Å². The van der Waals surface area contributed by atoms with Gasteiger partial charge in [0.05, 0.1) is 30.4 Å². The molecule has 0 bridgehead atoms. The number of imide groups is 1. The highest BCUT2D eigenvalue weighted by Crippen LogP contribution is 2.36. The van der Waals surface area contributed by atoms with Gasteiger partial charge in [0, 0.05) is 0 Å². The second-order valence-corrected chi connectivity index (χ2v) is 4.63. The van der Waals surface area contributed by atoms with Crippen LogP contribution in [0.2, 0.25) is 0 Å². The fourth-order valence-corrected chi connectivity index (χ4v) is 2.71. The monoisotopic (exact) mass is 232 g/mol. The Kier molecular flexibility index (Phi) is 3.28. The van der Waals surface area contributed by atoms with Gasteiger partial charge in [-0.3, -0.25) is 14.5 Å². The van der Waals surface area contributed by atoms with E-state index in [1.807, 2.05) is 19.1 Å². The third-order valence-electron chi connectivity index (χ3n) is 3.70. The Labute approximate surface area is 101 Å². The maximum absolute atomic E-state index is 12.2. The molecule has 0 N–H and O–H groups in total. The highest BCUT2D eigenvalue weighted by molar-refractivity contribution is 6.05. The minimum atomic E-state index is -0.245. The van der Waals surface area contributed by atoms with Crippen LogP contribution in [0, 0.1) is 23.2 Å². The lowest BCUT2D eigenvalue weighted by Gasteiger charge is -2.23. The Morgan fingerprint density at radius 1 is 1.35 bits per heavy atom. The van der Waals surface area contributed by atoms with Gasteiger partial charge >= 0.3 is 0 Å². The summed E-state index contributed by atoms with van der Waals surface area (Å²) in [4.78, 5) is 25.7. The molecule has 2 amide bonds. The van der Waals surface area contributed by atoms with E-state index in [4.69, 9.17) is 5.26 Å². The maximum atomic E-state index is 12.2. The Balaban J connectivity index is 2.23. The third-order valence-corrected chi connectivity index (χ3v) is 3.70. The molecule has 1 fully saturated rings. The molecule has 0 saturated carbocycles. The molecule has 0 radical (unpaired) electrons. The third kappa shape index (κ3) is 1.86. The van der Waals surface area contributed by atoms with Crippen molar-refractivity contribution in [3.8, 4) is 6.07 Å². The predicted molar refractivity (Wildman–Crippen MR) is 61.5 cm³/mol. The number of hydrogen-bond donors (Lipinski definition) is 0. The number of fused-ring (bicyclic) bond motifs is 1. The number of nitrogens with zero attached hydrogens (tertiary/aromatic N) is 2. The van der Waals surface area contributed by atoms with Crippen LogP contribution < -0.4 is 0 Å². The molecule has 4 nitrogen and oxygen atoms in total. The molecule has 1 saturated heterocycles. The summed E-state index contributed by atoms with van der Waals surface area (Å²) in [6, 6.07) is 1.81. The van der Waals surface area contributed by atoms with Gasteiger partial charge in [0.15, 0.2) is 0 Å². The van der Waals surface area contributed by atoms with Crippen LogP contribution in [0.1, 0.15) is 32.6 Å². The Morgan fingerprint density at radius 2 is 1.88 bits per heavy atom. The van der Waals surface area contributed by atoms with Gasteiger partial charge in [-0.15, -0.1) is 0 Å². The van der Waals surface area contributed by atoms with Crippen LogP contribution in [0.15, 0.2) is 12.2 Å². The summed E-state index contributed by atoms with van der Waals surface area (Å²) in [5.74, 6) is -0.515. The summed E-state index contributed by atoms with van der Waals surface area (Å²) in [5, 5.41) is 8.75. The largest absolute Gasteiger partial charge is 0.278 e. The zero-order chi connectivity index (χ0) is 12.4. The van der Waals surface area contributed by atoms with Gasteiger partial charge in [0.2, 0.25) is 11.8 Å². The molecule has 17 heavy (non-hydrogen) atoms. The molecular formula is C13H16N2O2. The van der Waals surface area contributed by atoms with Crippen molar-refractivity contribution in [3.05, 3.63) is 12.2 Å². The molecule has 4 heteroatoms. The summed E-state index contributed by atoms with van der Waals surface area (Å²) in [5.41, 5.74) is 0. The predicted octanol–water partition coefficient (Wildman–Crippen LogP) is 1.63. The molecule has 1 aliphatic heterocycles. The second kappa shape index (κ2) is 4.70. The number of likely N-dealkylation sites (tertiary alicyclic amines) is 1. The van der Waals surface area contributed by atoms with Crippen LogP contribution >= 0.6 is 0 Å². The molecule has 1 aliphatic carbocycles. The SMILES string of the molecule is CCC(CC#N)N1C(=O)C2CC=CCC2C1=O. The second-order valence-electron chi connectivity index (χ2n) is 4.63. The number of hydrogen-bond acceptors (Lipinski definition) is 3. The summed E-state index contributed by atoms with van der Waals surface area (Å²) in [7, 11) is 0. The first-order valence-corrected chi connectivity index (χ1v) is 6.09. The quantitative estimate of drug-likeness (QED) is 0.549. The fourth-order valence-electron chi connectivity index (χ4n) is 2.71. The van der Waals surface area contributed by atoms with Gasteiger partial charge in [-0.25, -0.2) is 0 Å². The van der Waals surface area contributed by atoms with Crippen LogP contribution in [0.25, 0.3) is 0 Å². The molecule has 0 aromatic rings. The molecule has 2 rings (SSSR count). The molecule has 90 valence electrons. The highest BCUT2D eigenvalue weighted by atomic mass is 16.2. The Hall–Kier alpha value is -1.63. The Morgan fingerprint density at radius 3 is 2.29 bits per heavy atom. The van der Waals surface area contributed by atoms with E-state index in [9.17, 15) is 9.59 Å². The van der Waals surface area contributed by atoms with Gasteiger partial charge < -0.3 is 0 Å². The number of carbonyl (C=O) groups excluding carboxylic acids is 2. The number of allylic oxidation sites excluding steroid dienone is 2. The minimum Gasteiger partial charge on any atom is -0.278 e. The van der Waals surface area contributed by atoms with Crippen molar-refractivity contribution in [2.24, 2.45) is 11.8 Å². The molecular weight excluding hydrogens is 216 g/mol. The number of rotatable bonds is 3. The van der Waals surface area contributed by atoms with Gasteiger partial charge in [-0.2, -0.15) is 5.26 Å². The van der Waals surface area contributed by atoms with Crippen LogP contribution in [0.3, 0.4) is 0 Å². The van der Waals surface area contributed by atoms with E-state index in [1.54, 1.807) is 0 Å². The topological polar surface area (TPSA) is 61.2 Å². The molecule has 1 heterocycles. The summed E-state index contributed by atoms with van der Waals surface area (Å²) >= 11 is 0. The molecule has 3 unspecified atom stereocenters. The van der Waals surface area contributed by atoms with Crippen molar-refractivity contribution in [2.45, 2.75) is 38.6 Å². The molecule has 3 atom stereocenters. The fraction of sp³-hybridized carbons (Fsp3) is 0.615. The number of carbonyl (C=O) groups is 2. The van der Waals surface area contributed by atoms with Crippen molar-refractivity contribution >= 4 is 11.8 Å². The van der Waals surface area contributed by atoms with Crippen LogP contribution in [-0.2, 0) is 9.59 Å². The van der Waals surface area contributed by atoms with E-state index >= 15 is 0 Å². The molecule has 2 aliphatic rings. The first-order valence-electron chi connectivity index (χ1n) is 6.09. The van der Waals surface area contributed by atoms with Crippen LogP contribution in [-0.4, -0.2) is 22.8 Å². The van der Waals surface area contributed by atoms with Crippen LogP contribution in [0.4, 0.5) is 0 Å². The van der Waals surface area contributed by atoms with Gasteiger partial charge in [-0.05, 0) is 19.3 Å². The normalized spacial score (nSPS) is 29.1. The Bertz CT molecular complexity index is 382. The van der Waals surface area contributed by atoms with E-state index < -0.39 is 0 Å². The zero-order valence-electron chi connectivity index (χ0n) is 9.93. The van der Waals surface area contributed by atoms with E-state index in [0.29, 0.717) is 19.3 Å². The lowest BCUT2D eigenvalue weighted by Crippen LogP contribution is -2.40.